The number of halogens is 2. The zero-order valence-electron chi connectivity index (χ0n) is 10.5. The van der Waals surface area contributed by atoms with Crippen LogP contribution in [-0.4, -0.2) is 10.9 Å². The van der Waals surface area contributed by atoms with Gasteiger partial charge >= 0.3 is 0 Å². The van der Waals surface area contributed by atoms with Gasteiger partial charge in [-0.15, -0.1) is 11.3 Å². The fourth-order valence-electron chi connectivity index (χ4n) is 1.68. The highest BCUT2D eigenvalue weighted by molar-refractivity contribution is 9.10. The van der Waals surface area contributed by atoms with Crippen LogP contribution in [0.1, 0.15) is 10.6 Å². The maximum absolute atomic E-state index is 12.0. The number of hydrogen-bond acceptors (Lipinski definition) is 4. The van der Waals surface area contributed by atoms with E-state index < -0.39 is 0 Å². The largest absolute Gasteiger partial charge is 0.444 e. The summed E-state index contributed by atoms with van der Waals surface area (Å²) in [4.78, 5) is 16.4. The summed E-state index contributed by atoms with van der Waals surface area (Å²) in [6, 6.07) is 11.1. The number of rotatable bonds is 3. The molecular formula is C14H8Br2N2O2S. The second-order valence-corrected chi connectivity index (χ2v) is 6.66. The van der Waals surface area contributed by atoms with Crippen LogP contribution in [-0.2, 0) is 0 Å². The number of thiazole rings is 1. The predicted octanol–water partition coefficient (Wildman–Crippen LogP) is 5.18. The number of furan rings is 1. The fraction of sp³-hybridized carbons (Fsp3) is 0. The Bertz CT molecular complexity index is 780. The smallest absolute Gasteiger partial charge is 0.293 e. The molecule has 1 aromatic carbocycles. The van der Waals surface area contributed by atoms with E-state index in [9.17, 15) is 4.79 Å². The monoisotopic (exact) mass is 426 g/mol. The Labute approximate surface area is 141 Å². The quantitative estimate of drug-likeness (QED) is 0.626. The first-order valence-corrected chi connectivity index (χ1v) is 8.36. The van der Waals surface area contributed by atoms with Crippen LogP contribution in [0.25, 0.3) is 11.3 Å². The summed E-state index contributed by atoms with van der Waals surface area (Å²) in [5.41, 5.74) is 1.82. The number of nitrogens with one attached hydrogen (secondary N) is 1. The number of hydrogen-bond donors (Lipinski definition) is 1. The van der Waals surface area contributed by atoms with Crippen LogP contribution >= 0.6 is 43.2 Å². The molecular weight excluding hydrogens is 420 g/mol. The highest BCUT2D eigenvalue weighted by atomic mass is 79.9. The topological polar surface area (TPSA) is 55.1 Å². The minimum atomic E-state index is -0.322. The molecule has 1 N–H and O–H groups in total. The molecule has 0 aliphatic heterocycles. The zero-order chi connectivity index (χ0) is 14.8. The minimum Gasteiger partial charge on any atom is -0.444 e. The van der Waals surface area contributed by atoms with Gasteiger partial charge < -0.3 is 4.42 Å². The normalized spacial score (nSPS) is 10.6. The number of amides is 1. The molecule has 0 bridgehead atoms. The van der Waals surface area contributed by atoms with Crippen LogP contribution in [0.5, 0.6) is 0 Å². The van der Waals surface area contributed by atoms with Crippen molar-refractivity contribution in [2.45, 2.75) is 0 Å². The third-order valence-electron chi connectivity index (χ3n) is 2.66. The van der Waals surface area contributed by atoms with E-state index in [2.05, 4.69) is 42.2 Å². The summed E-state index contributed by atoms with van der Waals surface area (Å²) in [5, 5.41) is 5.15. The highest BCUT2D eigenvalue weighted by Crippen LogP contribution is 2.26. The van der Waals surface area contributed by atoms with Gasteiger partial charge in [-0.2, -0.15) is 0 Å². The Morgan fingerprint density at radius 1 is 1.14 bits per heavy atom. The number of aromatic nitrogens is 1. The van der Waals surface area contributed by atoms with Gasteiger partial charge in [0.1, 0.15) is 0 Å². The van der Waals surface area contributed by atoms with Crippen LogP contribution in [0.4, 0.5) is 5.13 Å². The molecule has 0 saturated heterocycles. The summed E-state index contributed by atoms with van der Waals surface area (Å²) in [7, 11) is 0. The molecule has 7 heteroatoms. The molecule has 3 aromatic rings. The van der Waals surface area contributed by atoms with Crippen molar-refractivity contribution in [2.75, 3.05) is 5.32 Å². The van der Waals surface area contributed by atoms with Crippen molar-refractivity contribution in [3.05, 3.63) is 56.7 Å². The Balaban J connectivity index is 1.76. The first-order valence-electron chi connectivity index (χ1n) is 5.90. The fourth-order valence-corrected chi connectivity index (χ4v) is 2.97. The number of carbonyl (C=O) groups excluding carboxylic acids is 1. The first-order chi connectivity index (χ1) is 10.1. The number of carbonyl (C=O) groups is 1. The van der Waals surface area contributed by atoms with E-state index in [1.165, 1.54) is 11.3 Å². The van der Waals surface area contributed by atoms with E-state index in [4.69, 9.17) is 4.42 Å². The summed E-state index contributed by atoms with van der Waals surface area (Å²) >= 11 is 7.93. The van der Waals surface area contributed by atoms with E-state index in [-0.39, 0.29) is 11.7 Å². The number of anilines is 1. The van der Waals surface area contributed by atoms with E-state index in [1.807, 2.05) is 29.6 Å². The lowest BCUT2D eigenvalue weighted by atomic mass is 10.2. The summed E-state index contributed by atoms with van der Waals surface area (Å²) in [5.74, 6) is -0.0836. The molecule has 0 unspecified atom stereocenters. The van der Waals surface area contributed by atoms with Gasteiger partial charge in [-0.25, -0.2) is 4.98 Å². The molecule has 0 saturated carbocycles. The van der Waals surface area contributed by atoms with Crippen molar-refractivity contribution < 1.29 is 9.21 Å². The molecule has 0 aliphatic rings. The SMILES string of the molecule is O=C(Nc1nc(-c2ccc(Br)cc2)cs1)c1ccc(Br)o1. The first kappa shape index (κ1) is 14.5. The van der Waals surface area contributed by atoms with Gasteiger partial charge in [-0.1, -0.05) is 28.1 Å². The Morgan fingerprint density at radius 2 is 1.90 bits per heavy atom. The molecule has 21 heavy (non-hydrogen) atoms. The van der Waals surface area contributed by atoms with Crippen molar-refractivity contribution in [3.8, 4) is 11.3 Å². The molecule has 2 heterocycles. The maximum atomic E-state index is 12.0. The second-order valence-electron chi connectivity index (χ2n) is 4.10. The van der Waals surface area contributed by atoms with E-state index in [1.54, 1.807) is 12.1 Å². The van der Waals surface area contributed by atoms with Crippen molar-refractivity contribution in [1.82, 2.24) is 4.98 Å². The molecule has 106 valence electrons. The van der Waals surface area contributed by atoms with Crippen molar-refractivity contribution >= 4 is 54.2 Å². The average molecular weight is 428 g/mol. The molecule has 0 spiro atoms. The maximum Gasteiger partial charge on any atom is 0.293 e. The van der Waals surface area contributed by atoms with Crippen LogP contribution < -0.4 is 5.32 Å². The molecule has 0 fully saturated rings. The minimum absolute atomic E-state index is 0.238. The standard InChI is InChI=1S/C14H8Br2N2O2S/c15-9-3-1-8(2-4-9)10-7-21-14(17-10)18-13(19)11-5-6-12(16)20-11/h1-7H,(H,17,18,19). The lowest BCUT2D eigenvalue weighted by Gasteiger charge is -1.98. The number of nitrogens with zero attached hydrogens (tertiary/aromatic N) is 1. The third-order valence-corrected chi connectivity index (χ3v) is 4.37. The van der Waals surface area contributed by atoms with E-state index >= 15 is 0 Å². The van der Waals surface area contributed by atoms with Gasteiger partial charge in [0.2, 0.25) is 0 Å². The molecule has 0 radical (unpaired) electrons. The lowest BCUT2D eigenvalue weighted by molar-refractivity contribution is 0.0995. The van der Waals surface area contributed by atoms with Crippen LogP contribution in [0.15, 0.2) is 55.3 Å². The predicted molar refractivity (Wildman–Crippen MR) is 89.6 cm³/mol. The summed E-state index contributed by atoms with van der Waals surface area (Å²) in [6.45, 7) is 0. The van der Waals surface area contributed by atoms with Crippen molar-refractivity contribution in [2.24, 2.45) is 0 Å². The molecule has 1 amide bonds. The van der Waals surface area contributed by atoms with Crippen LogP contribution in [0.2, 0.25) is 0 Å². The van der Waals surface area contributed by atoms with Gasteiger partial charge in [-0.3, -0.25) is 10.1 Å². The van der Waals surface area contributed by atoms with Gasteiger partial charge in [0.25, 0.3) is 5.91 Å². The second kappa shape index (κ2) is 6.13. The van der Waals surface area contributed by atoms with Gasteiger partial charge in [0, 0.05) is 15.4 Å². The Morgan fingerprint density at radius 3 is 2.57 bits per heavy atom. The number of benzene rings is 1. The van der Waals surface area contributed by atoms with Crippen molar-refractivity contribution in [3.63, 3.8) is 0 Å². The van der Waals surface area contributed by atoms with Crippen LogP contribution in [0.3, 0.4) is 0 Å². The Hall–Kier alpha value is -1.44. The molecule has 3 rings (SSSR count). The average Bonchev–Trinajstić information content (AvgIpc) is 3.09. The van der Waals surface area contributed by atoms with E-state index in [0.717, 1.165) is 15.7 Å². The van der Waals surface area contributed by atoms with Gasteiger partial charge in [0.05, 0.1) is 5.69 Å². The zero-order valence-corrected chi connectivity index (χ0v) is 14.5. The lowest BCUT2D eigenvalue weighted by Crippen LogP contribution is -2.10. The summed E-state index contributed by atoms with van der Waals surface area (Å²) in [6.07, 6.45) is 0. The Kier molecular flexibility index (Phi) is 4.23. The molecule has 2 aromatic heterocycles. The highest BCUT2D eigenvalue weighted by Gasteiger charge is 2.13. The third kappa shape index (κ3) is 3.42. The van der Waals surface area contributed by atoms with Crippen molar-refractivity contribution in [1.29, 1.82) is 0 Å². The molecule has 0 aliphatic carbocycles. The van der Waals surface area contributed by atoms with Crippen LogP contribution in [0, 0.1) is 0 Å². The van der Waals surface area contributed by atoms with Gasteiger partial charge in [0.15, 0.2) is 15.6 Å². The molecule has 4 nitrogen and oxygen atoms in total. The molecule has 0 atom stereocenters. The van der Waals surface area contributed by atoms with E-state index in [0.29, 0.717) is 9.80 Å². The summed E-state index contributed by atoms with van der Waals surface area (Å²) < 4.78 is 6.73. The van der Waals surface area contributed by atoms with Gasteiger partial charge in [-0.05, 0) is 40.2 Å².